The molecule has 0 spiro atoms. The second-order valence-corrected chi connectivity index (χ2v) is 14.6. The highest BCUT2D eigenvalue weighted by atomic mass is 79.9. The van der Waals surface area contributed by atoms with Crippen molar-refractivity contribution in [3.63, 3.8) is 0 Å². The Hall–Kier alpha value is -1.24. The van der Waals surface area contributed by atoms with Gasteiger partial charge in [-0.2, -0.15) is 33.7 Å². The maximum absolute atomic E-state index is 13.1. The van der Waals surface area contributed by atoms with Crippen molar-refractivity contribution >= 4 is 72.3 Å². The van der Waals surface area contributed by atoms with Gasteiger partial charge in [0.25, 0.3) is 0 Å². The molecule has 17 heteroatoms. The molecule has 0 bridgehead atoms. The van der Waals surface area contributed by atoms with Crippen molar-refractivity contribution in [3.8, 4) is 11.5 Å². The Kier molecular flexibility index (Phi) is 8.00. The van der Waals surface area contributed by atoms with Gasteiger partial charge in [0.15, 0.2) is 10.6 Å². The molecular weight excluding hydrogens is 656 g/mol. The summed E-state index contributed by atoms with van der Waals surface area (Å²) in [7, 11) is -19.1. The SMILES string of the molecule is Cc1ccc(S(=O)(=O)OS(=O)(=O)c2c(Br)c(Br)c(C)c(OS(C)(=O)=O)c2OS(C)(=O)=O)cc1. The number of benzene rings is 2. The van der Waals surface area contributed by atoms with Gasteiger partial charge in [0.1, 0.15) is 0 Å². The van der Waals surface area contributed by atoms with Crippen molar-refractivity contribution in [1.82, 2.24) is 0 Å². The van der Waals surface area contributed by atoms with Gasteiger partial charge in [0, 0.05) is 10.0 Å². The summed E-state index contributed by atoms with van der Waals surface area (Å²) in [5.74, 6) is -1.93. The van der Waals surface area contributed by atoms with Crippen LogP contribution in [0.5, 0.6) is 11.5 Å². The number of halogens is 2. The largest absolute Gasteiger partial charge is 0.378 e. The third kappa shape index (κ3) is 6.89. The van der Waals surface area contributed by atoms with Crippen LogP contribution in [0, 0.1) is 13.8 Å². The Balaban J connectivity index is 2.87. The molecule has 0 heterocycles. The van der Waals surface area contributed by atoms with Crippen molar-refractivity contribution < 1.29 is 45.7 Å². The van der Waals surface area contributed by atoms with E-state index in [1.165, 1.54) is 19.1 Å². The molecule has 0 aliphatic heterocycles. The monoisotopic (exact) mass is 670 g/mol. The smallest absolute Gasteiger partial charge is 0.316 e. The van der Waals surface area contributed by atoms with Crippen LogP contribution >= 0.6 is 31.9 Å². The molecule has 11 nitrogen and oxygen atoms in total. The van der Waals surface area contributed by atoms with Gasteiger partial charge in [-0.15, -0.1) is 3.63 Å². The first-order chi connectivity index (χ1) is 14.8. The molecule has 0 aliphatic rings. The van der Waals surface area contributed by atoms with Crippen LogP contribution in [-0.4, -0.2) is 46.2 Å². The Morgan fingerprint density at radius 1 is 0.667 bits per heavy atom. The van der Waals surface area contributed by atoms with Crippen LogP contribution in [0.3, 0.4) is 0 Å². The summed E-state index contributed by atoms with van der Waals surface area (Å²) in [6.07, 6.45) is 1.18. The van der Waals surface area contributed by atoms with E-state index in [4.69, 9.17) is 8.37 Å². The Labute approximate surface area is 208 Å². The molecule has 184 valence electrons. The molecule has 0 unspecified atom stereocenters. The van der Waals surface area contributed by atoms with Crippen molar-refractivity contribution in [2.45, 2.75) is 23.6 Å². The fourth-order valence-corrected chi connectivity index (χ4v) is 7.62. The van der Waals surface area contributed by atoms with Gasteiger partial charge in [-0.25, -0.2) is 0 Å². The molecule has 0 fully saturated rings. The van der Waals surface area contributed by atoms with Gasteiger partial charge >= 0.3 is 40.5 Å². The predicted octanol–water partition coefficient (Wildman–Crippen LogP) is 2.60. The lowest BCUT2D eigenvalue weighted by atomic mass is 10.2. The molecule has 2 aromatic rings. The molecule has 0 saturated carbocycles. The van der Waals surface area contributed by atoms with E-state index in [-0.39, 0.29) is 10.0 Å². The molecule has 2 aromatic carbocycles. The molecule has 0 radical (unpaired) electrons. The summed E-state index contributed by atoms with van der Waals surface area (Å²) >= 11 is 5.96. The minimum atomic E-state index is -5.36. The maximum Gasteiger partial charge on any atom is 0.316 e. The maximum atomic E-state index is 13.1. The van der Waals surface area contributed by atoms with Gasteiger partial charge < -0.3 is 8.37 Å². The van der Waals surface area contributed by atoms with E-state index >= 15 is 0 Å². The Morgan fingerprint density at radius 2 is 1.12 bits per heavy atom. The first kappa shape index (κ1) is 28.0. The van der Waals surface area contributed by atoms with E-state index in [0.717, 1.165) is 12.1 Å². The summed E-state index contributed by atoms with van der Waals surface area (Å²) < 4.78 is 112. The van der Waals surface area contributed by atoms with E-state index in [9.17, 15) is 33.7 Å². The lowest BCUT2D eigenvalue weighted by molar-refractivity contribution is 0.436. The molecule has 0 saturated heterocycles. The molecule has 2 rings (SSSR count). The predicted molar refractivity (Wildman–Crippen MR) is 124 cm³/mol. The van der Waals surface area contributed by atoms with Gasteiger partial charge in [0.05, 0.1) is 21.9 Å². The van der Waals surface area contributed by atoms with Crippen molar-refractivity contribution in [1.29, 1.82) is 0 Å². The number of aryl methyl sites for hydroxylation is 1. The quantitative estimate of drug-likeness (QED) is 0.379. The summed E-state index contributed by atoms with van der Waals surface area (Å²) in [4.78, 5) is -1.64. The van der Waals surface area contributed by atoms with E-state index in [0.29, 0.717) is 18.1 Å². The average Bonchev–Trinajstić information content (AvgIpc) is 2.60. The third-order valence-electron chi connectivity index (χ3n) is 3.68. The molecule has 0 atom stereocenters. The van der Waals surface area contributed by atoms with Gasteiger partial charge in [0.2, 0.25) is 5.75 Å². The zero-order valence-electron chi connectivity index (χ0n) is 17.2. The van der Waals surface area contributed by atoms with Crippen molar-refractivity contribution in [3.05, 3.63) is 44.3 Å². The van der Waals surface area contributed by atoms with Crippen LogP contribution in [0.15, 0.2) is 43.0 Å². The standard InChI is InChI=1S/C16H16Br2O11S4/c1-9-5-7-11(8-6-9)32(23,24)29-33(25,26)16-13(18)12(17)10(2)14(27-30(3,19)20)15(16)28-31(4,21)22/h5-8H,1-4H3. The van der Waals surface area contributed by atoms with Crippen LogP contribution in [0.2, 0.25) is 0 Å². The van der Waals surface area contributed by atoms with Crippen LogP contribution in [0.1, 0.15) is 11.1 Å². The van der Waals surface area contributed by atoms with Crippen LogP contribution in [0.25, 0.3) is 0 Å². The molecule has 33 heavy (non-hydrogen) atoms. The first-order valence-electron chi connectivity index (χ1n) is 8.33. The Morgan fingerprint density at radius 3 is 1.58 bits per heavy atom. The number of hydrogen-bond acceptors (Lipinski definition) is 11. The van der Waals surface area contributed by atoms with Gasteiger partial charge in [-0.05, 0) is 57.8 Å². The minimum Gasteiger partial charge on any atom is -0.378 e. The lowest BCUT2D eigenvalue weighted by Crippen LogP contribution is -2.19. The number of hydrogen-bond donors (Lipinski definition) is 0. The molecule has 0 amide bonds. The van der Waals surface area contributed by atoms with Gasteiger partial charge in [-0.3, -0.25) is 0 Å². The summed E-state index contributed by atoms with van der Waals surface area (Å²) in [5, 5.41) is 0. The fraction of sp³-hybridized carbons (Fsp3) is 0.250. The van der Waals surface area contributed by atoms with Crippen molar-refractivity contribution in [2.75, 3.05) is 12.5 Å². The minimum absolute atomic E-state index is 0.0775. The lowest BCUT2D eigenvalue weighted by Gasteiger charge is -2.19. The molecule has 0 aromatic heterocycles. The van der Waals surface area contributed by atoms with E-state index in [1.54, 1.807) is 6.92 Å². The topological polar surface area (TPSA) is 164 Å². The third-order valence-corrected chi connectivity index (χ3v) is 10.4. The highest BCUT2D eigenvalue weighted by molar-refractivity contribution is 9.13. The first-order valence-corrected chi connectivity index (χ1v) is 16.4. The molecular formula is C16H16Br2O11S4. The van der Waals surface area contributed by atoms with E-state index < -0.39 is 66.2 Å². The second kappa shape index (κ2) is 9.43. The number of rotatable bonds is 8. The normalized spacial score (nSPS) is 13.0. The summed E-state index contributed by atoms with van der Waals surface area (Å²) in [6, 6.07) is 5.01. The second-order valence-electron chi connectivity index (χ2n) is 6.60. The van der Waals surface area contributed by atoms with Crippen LogP contribution in [-0.2, 0) is 44.1 Å². The zero-order valence-corrected chi connectivity index (χ0v) is 23.6. The highest BCUT2D eigenvalue weighted by Crippen LogP contribution is 2.49. The zero-order chi connectivity index (χ0) is 25.6. The van der Waals surface area contributed by atoms with Crippen molar-refractivity contribution in [2.24, 2.45) is 0 Å². The Bertz CT molecular complexity index is 1530. The van der Waals surface area contributed by atoms with Gasteiger partial charge in [-0.1, -0.05) is 17.7 Å². The van der Waals surface area contributed by atoms with E-state index in [1.807, 2.05) is 0 Å². The fourth-order valence-electron chi connectivity index (χ4n) is 2.34. The molecule has 0 aliphatic carbocycles. The van der Waals surface area contributed by atoms with E-state index in [2.05, 4.69) is 35.5 Å². The average molecular weight is 672 g/mol. The van der Waals surface area contributed by atoms with Crippen LogP contribution in [0.4, 0.5) is 0 Å². The summed E-state index contributed by atoms with van der Waals surface area (Å²) in [6.45, 7) is 2.94. The molecule has 0 N–H and O–H groups in total. The highest BCUT2D eigenvalue weighted by Gasteiger charge is 2.38. The summed E-state index contributed by atoms with van der Waals surface area (Å²) in [5.41, 5.74) is 0.611. The van der Waals surface area contributed by atoms with Crippen LogP contribution < -0.4 is 8.37 Å².